The van der Waals surface area contributed by atoms with Crippen LogP contribution in [0.1, 0.15) is 13.8 Å². The largest absolute Gasteiger partial charge is 0.495 e. The van der Waals surface area contributed by atoms with Crippen molar-refractivity contribution in [3.63, 3.8) is 0 Å². The summed E-state index contributed by atoms with van der Waals surface area (Å²) in [6.07, 6.45) is 5.08. The van der Waals surface area contributed by atoms with Crippen molar-refractivity contribution in [1.29, 1.82) is 0 Å². The van der Waals surface area contributed by atoms with Gasteiger partial charge in [0.05, 0.1) is 17.8 Å². The molecular formula is C14H14ClFN2O3. The van der Waals surface area contributed by atoms with Crippen LogP contribution in [-0.2, 0) is 9.59 Å². The highest BCUT2D eigenvalue weighted by molar-refractivity contribution is 6.32. The Morgan fingerprint density at radius 2 is 2.05 bits per heavy atom. The van der Waals surface area contributed by atoms with Crippen LogP contribution >= 0.6 is 11.6 Å². The lowest BCUT2D eigenvalue weighted by Crippen LogP contribution is -2.56. The zero-order valence-electron chi connectivity index (χ0n) is 11.7. The number of methoxy groups -OCH3 is 1. The Morgan fingerprint density at radius 3 is 2.48 bits per heavy atom. The SMILES string of the molecule is C#CC(=O)N(c1cc(Cl)c(OC)cc1F)C(C)(C)C(N)=O. The van der Waals surface area contributed by atoms with E-state index in [9.17, 15) is 14.0 Å². The highest BCUT2D eigenvalue weighted by Gasteiger charge is 2.38. The Bertz CT molecular complexity index is 638. The van der Waals surface area contributed by atoms with Gasteiger partial charge in [-0.3, -0.25) is 14.5 Å². The molecule has 0 bridgehead atoms. The minimum atomic E-state index is -1.54. The fourth-order valence-electron chi connectivity index (χ4n) is 1.69. The first kappa shape index (κ1) is 16.8. The van der Waals surface area contributed by atoms with Gasteiger partial charge in [-0.1, -0.05) is 11.6 Å². The number of anilines is 1. The third-order valence-electron chi connectivity index (χ3n) is 2.95. The van der Waals surface area contributed by atoms with E-state index in [-0.39, 0.29) is 16.5 Å². The van der Waals surface area contributed by atoms with Crippen molar-refractivity contribution in [2.45, 2.75) is 19.4 Å². The van der Waals surface area contributed by atoms with E-state index in [0.29, 0.717) is 0 Å². The van der Waals surface area contributed by atoms with Gasteiger partial charge in [0.2, 0.25) is 5.91 Å². The van der Waals surface area contributed by atoms with Crippen molar-refractivity contribution in [2.24, 2.45) is 5.73 Å². The summed E-state index contributed by atoms with van der Waals surface area (Å²) >= 11 is 5.93. The molecule has 2 amide bonds. The van der Waals surface area contributed by atoms with Crippen LogP contribution in [0.3, 0.4) is 0 Å². The summed E-state index contributed by atoms with van der Waals surface area (Å²) in [6, 6.07) is 2.14. The molecule has 5 nitrogen and oxygen atoms in total. The maximum absolute atomic E-state index is 14.2. The van der Waals surface area contributed by atoms with Gasteiger partial charge in [0.15, 0.2) is 5.82 Å². The lowest BCUT2D eigenvalue weighted by molar-refractivity contribution is -0.125. The first-order chi connectivity index (χ1) is 9.66. The maximum Gasteiger partial charge on any atom is 0.303 e. The Balaban J connectivity index is 3.56. The van der Waals surface area contributed by atoms with E-state index >= 15 is 0 Å². The molecule has 1 aromatic rings. The highest BCUT2D eigenvalue weighted by Crippen LogP contribution is 2.35. The van der Waals surface area contributed by atoms with Crippen molar-refractivity contribution >= 4 is 29.1 Å². The van der Waals surface area contributed by atoms with Crippen LogP contribution in [0.25, 0.3) is 0 Å². The molecule has 0 heterocycles. The lowest BCUT2D eigenvalue weighted by atomic mass is 10.00. The van der Waals surface area contributed by atoms with Gasteiger partial charge in [-0.15, -0.1) is 6.42 Å². The molecule has 0 spiro atoms. The number of terminal acetylenes is 1. The second-order valence-corrected chi connectivity index (χ2v) is 5.05. The average molecular weight is 313 g/mol. The molecule has 112 valence electrons. The van der Waals surface area contributed by atoms with Crippen LogP contribution < -0.4 is 15.4 Å². The molecule has 0 unspecified atom stereocenters. The molecule has 21 heavy (non-hydrogen) atoms. The Labute approximate surface area is 126 Å². The van der Waals surface area contributed by atoms with Gasteiger partial charge in [0.25, 0.3) is 0 Å². The number of carbonyl (C=O) groups excluding carboxylic acids is 2. The fraction of sp³-hybridized carbons (Fsp3) is 0.286. The smallest absolute Gasteiger partial charge is 0.303 e. The molecule has 0 saturated carbocycles. The number of nitrogens with zero attached hydrogens (tertiary/aromatic N) is 1. The van der Waals surface area contributed by atoms with Crippen molar-refractivity contribution in [1.82, 2.24) is 0 Å². The van der Waals surface area contributed by atoms with E-state index in [0.717, 1.165) is 17.0 Å². The Hall–Kier alpha value is -2.26. The summed E-state index contributed by atoms with van der Waals surface area (Å²) in [5, 5.41) is 0.0593. The molecule has 0 aliphatic rings. The number of hydrogen-bond donors (Lipinski definition) is 1. The van der Waals surface area contributed by atoms with E-state index in [1.54, 1.807) is 0 Å². The van der Waals surface area contributed by atoms with E-state index < -0.39 is 23.2 Å². The summed E-state index contributed by atoms with van der Waals surface area (Å²) in [5.41, 5.74) is 3.47. The van der Waals surface area contributed by atoms with Gasteiger partial charge in [-0.05, 0) is 25.8 Å². The topological polar surface area (TPSA) is 72.6 Å². The molecule has 0 aliphatic heterocycles. The lowest BCUT2D eigenvalue weighted by Gasteiger charge is -2.34. The zero-order chi connectivity index (χ0) is 16.4. The molecule has 7 heteroatoms. The molecular weight excluding hydrogens is 299 g/mol. The zero-order valence-corrected chi connectivity index (χ0v) is 12.5. The van der Waals surface area contributed by atoms with Gasteiger partial charge in [-0.25, -0.2) is 4.39 Å². The second kappa shape index (κ2) is 6.02. The summed E-state index contributed by atoms with van der Waals surface area (Å²) in [7, 11) is 1.32. The summed E-state index contributed by atoms with van der Waals surface area (Å²) in [5.74, 6) is -0.668. The quantitative estimate of drug-likeness (QED) is 0.860. The standard InChI is InChI=1S/C14H14ClFN2O3/c1-5-12(19)18(14(2,3)13(17)20)10-6-8(15)11(21-4)7-9(10)16/h1,6-7H,2-4H3,(H2,17,20). The van der Waals surface area contributed by atoms with Gasteiger partial charge in [-0.2, -0.15) is 0 Å². The Morgan fingerprint density at radius 1 is 1.48 bits per heavy atom. The summed E-state index contributed by atoms with van der Waals surface area (Å²) in [6.45, 7) is 2.70. The number of nitrogens with two attached hydrogens (primary N) is 1. The van der Waals surface area contributed by atoms with E-state index in [2.05, 4.69) is 0 Å². The molecule has 1 aromatic carbocycles. The molecule has 0 aliphatic carbocycles. The molecule has 0 saturated heterocycles. The number of primary amides is 1. The van der Waals surface area contributed by atoms with Gasteiger partial charge in [0.1, 0.15) is 11.3 Å². The minimum Gasteiger partial charge on any atom is -0.495 e. The number of hydrogen-bond acceptors (Lipinski definition) is 3. The first-order valence-corrected chi connectivity index (χ1v) is 6.18. The minimum absolute atomic E-state index is 0.0593. The monoisotopic (exact) mass is 312 g/mol. The van der Waals surface area contributed by atoms with Crippen molar-refractivity contribution in [3.8, 4) is 18.1 Å². The third-order valence-corrected chi connectivity index (χ3v) is 3.25. The maximum atomic E-state index is 14.2. The van der Waals surface area contributed by atoms with Crippen LogP contribution in [0.4, 0.5) is 10.1 Å². The fourth-order valence-corrected chi connectivity index (χ4v) is 1.92. The normalized spacial score (nSPS) is 10.7. The van der Waals surface area contributed by atoms with Crippen molar-refractivity contribution in [3.05, 3.63) is 23.0 Å². The van der Waals surface area contributed by atoms with Crippen LogP contribution in [0.15, 0.2) is 12.1 Å². The number of ether oxygens (including phenoxy) is 1. The average Bonchev–Trinajstić information content (AvgIpc) is 2.41. The predicted molar refractivity (Wildman–Crippen MR) is 77.6 cm³/mol. The predicted octanol–water partition coefficient (Wildman–Crippen LogP) is 1.72. The number of benzene rings is 1. The first-order valence-electron chi connectivity index (χ1n) is 5.80. The number of rotatable bonds is 4. The van der Waals surface area contributed by atoms with Crippen LogP contribution in [0.5, 0.6) is 5.75 Å². The van der Waals surface area contributed by atoms with Gasteiger partial charge >= 0.3 is 5.91 Å². The molecule has 0 fully saturated rings. The number of amides is 2. The third kappa shape index (κ3) is 3.09. The van der Waals surface area contributed by atoms with Crippen LogP contribution in [0.2, 0.25) is 5.02 Å². The number of halogens is 2. The molecule has 1 rings (SSSR count). The molecule has 0 radical (unpaired) electrons. The van der Waals surface area contributed by atoms with Crippen molar-refractivity contribution in [2.75, 3.05) is 12.0 Å². The van der Waals surface area contributed by atoms with Crippen molar-refractivity contribution < 1.29 is 18.7 Å². The van der Waals surface area contributed by atoms with Crippen LogP contribution in [-0.4, -0.2) is 24.5 Å². The molecule has 2 N–H and O–H groups in total. The van der Waals surface area contributed by atoms with E-state index in [4.69, 9.17) is 28.5 Å². The van der Waals surface area contributed by atoms with Crippen LogP contribution in [0, 0.1) is 18.2 Å². The second-order valence-electron chi connectivity index (χ2n) is 4.65. The van der Waals surface area contributed by atoms with E-state index in [1.807, 2.05) is 5.92 Å². The highest BCUT2D eigenvalue weighted by atomic mass is 35.5. The molecule has 0 aromatic heterocycles. The van der Waals surface area contributed by atoms with Gasteiger partial charge < -0.3 is 10.5 Å². The Kier molecular flexibility index (Phi) is 4.81. The summed E-state index contributed by atoms with van der Waals surface area (Å²) in [4.78, 5) is 24.3. The molecule has 0 atom stereocenters. The number of carbonyl (C=O) groups is 2. The van der Waals surface area contributed by atoms with E-state index in [1.165, 1.54) is 21.0 Å². The summed E-state index contributed by atoms with van der Waals surface area (Å²) < 4.78 is 19.1. The van der Waals surface area contributed by atoms with Gasteiger partial charge in [0, 0.05) is 6.07 Å².